The number of carbonyl (C=O) groups excluding carboxylic acids is 1. The molecule has 2 N–H and O–H groups in total. The molecule has 24 heavy (non-hydrogen) atoms. The van der Waals surface area contributed by atoms with E-state index in [1.165, 1.54) is 35.6 Å². The second-order valence-corrected chi connectivity index (χ2v) is 7.00. The van der Waals surface area contributed by atoms with Gasteiger partial charge >= 0.3 is 0 Å². The summed E-state index contributed by atoms with van der Waals surface area (Å²) in [5.74, 6) is 0.232. The predicted molar refractivity (Wildman–Crippen MR) is 88.3 cm³/mol. The van der Waals surface area contributed by atoms with E-state index in [2.05, 4.69) is 5.32 Å². The van der Waals surface area contributed by atoms with Crippen molar-refractivity contribution in [2.24, 2.45) is 0 Å². The van der Waals surface area contributed by atoms with Crippen LogP contribution in [0.15, 0.2) is 35.7 Å². The van der Waals surface area contributed by atoms with Gasteiger partial charge in [-0.1, -0.05) is 0 Å². The third-order valence-corrected chi connectivity index (χ3v) is 4.95. The summed E-state index contributed by atoms with van der Waals surface area (Å²) in [6, 6.07) is 6.52. The molecule has 0 bridgehead atoms. The maximum atomic E-state index is 12.5. The molecule has 3 rings (SSSR count). The molecule has 1 amide bonds. The number of aliphatic hydroxyl groups is 1. The average molecular weight is 348 g/mol. The molecule has 0 radical (unpaired) electrons. The zero-order valence-corrected chi connectivity index (χ0v) is 13.9. The van der Waals surface area contributed by atoms with Crippen molar-refractivity contribution in [3.8, 4) is 5.75 Å². The Bertz CT molecular complexity index is 784. The fraction of sp³-hybridized carbons (Fsp3) is 0.312. The molecular weight excluding hydrogens is 332 g/mol. The molecule has 1 aromatic heterocycles. The highest BCUT2D eigenvalue weighted by Gasteiger charge is 2.44. The van der Waals surface area contributed by atoms with Crippen LogP contribution < -0.4 is 10.1 Å². The first-order valence-electron chi connectivity index (χ1n) is 7.29. The molecule has 1 aliphatic heterocycles. The molecule has 0 spiro atoms. The van der Waals surface area contributed by atoms with E-state index >= 15 is 0 Å². The number of amides is 1. The second kappa shape index (κ2) is 5.88. The number of hydrogen-bond donors (Lipinski definition) is 2. The molecule has 0 fully saturated rings. The lowest BCUT2D eigenvalue weighted by Crippen LogP contribution is -2.53. The van der Waals surface area contributed by atoms with Crippen LogP contribution in [0.4, 0.5) is 5.69 Å². The number of carbonyl (C=O) groups is 1. The maximum Gasteiger partial charge on any atom is 0.269 e. The number of nitro groups is 1. The Balaban J connectivity index is 1.84. The first kappa shape index (κ1) is 16.4. The van der Waals surface area contributed by atoms with Crippen LogP contribution in [-0.4, -0.2) is 27.6 Å². The van der Waals surface area contributed by atoms with Crippen molar-refractivity contribution in [2.75, 3.05) is 0 Å². The number of ether oxygens (including phenoxy) is 1. The smallest absolute Gasteiger partial charge is 0.269 e. The summed E-state index contributed by atoms with van der Waals surface area (Å²) >= 11 is 1.39. The molecule has 126 valence electrons. The van der Waals surface area contributed by atoms with Gasteiger partial charge in [0.15, 0.2) is 0 Å². The Hall–Kier alpha value is -2.45. The summed E-state index contributed by atoms with van der Waals surface area (Å²) in [5, 5.41) is 25.9. The minimum Gasteiger partial charge on any atom is -0.484 e. The zero-order valence-electron chi connectivity index (χ0n) is 13.1. The van der Waals surface area contributed by atoms with Gasteiger partial charge in [0.05, 0.1) is 15.8 Å². The van der Waals surface area contributed by atoms with Crippen LogP contribution in [0.1, 0.15) is 35.1 Å². The van der Waals surface area contributed by atoms with Gasteiger partial charge in [-0.05, 0) is 37.4 Å². The highest BCUT2D eigenvalue weighted by Crippen LogP contribution is 2.42. The first-order valence-corrected chi connectivity index (χ1v) is 8.17. The van der Waals surface area contributed by atoms with Gasteiger partial charge in [0.2, 0.25) is 0 Å². The van der Waals surface area contributed by atoms with E-state index in [0.29, 0.717) is 5.75 Å². The van der Waals surface area contributed by atoms with E-state index in [1.54, 1.807) is 19.9 Å². The summed E-state index contributed by atoms with van der Waals surface area (Å²) < 4.78 is 5.77. The van der Waals surface area contributed by atoms with Gasteiger partial charge in [-0.25, -0.2) is 0 Å². The van der Waals surface area contributed by atoms with Crippen molar-refractivity contribution in [3.63, 3.8) is 0 Å². The van der Waals surface area contributed by atoms with Crippen LogP contribution in [0, 0.1) is 10.1 Å². The minimum atomic E-state index is -0.925. The Labute approximate surface area is 142 Å². The summed E-state index contributed by atoms with van der Waals surface area (Å²) in [6.07, 6.45) is -0.925. The van der Waals surface area contributed by atoms with Crippen LogP contribution in [0.5, 0.6) is 5.75 Å². The van der Waals surface area contributed by atoms with E-state index in [4.69, 9.17) is 4.74 Å². The van der Waals surface area contributed by atoms with E-state index in [-0.39, 0.29) is 11.3 Å². The first-order chi connectivity index (χ1) is 11.3. The molecule has 1 aliphatic rings. The summed E-state index contributed by atoms with van der Waals surface area (Å²) in [6.45, 7) is 3.51. The number of hydrogen-bond acceptors (Lipinski definition) is 6. The fourth-order valence-corrected chi connectivity index (χ4v) is 3.51. The second-order valence-electron chi connectivity index (χ2n) is 6.05. The van der Waals surface area contributed by atoms with E-state index in [1.807, 2.05) is 5.38 Å². The normalized spacial score (nSPS) is 21.5. The quantitative estimate of drug-likeness (QED) is 0.656. The monoisotopic (exact) mass is 348 g/mol. The van der Waals surface area contributed by atoms with Crippen LogP contribution in [-0.2, 0) is 0 Å². The molecular formula is C16H16N2O5S. The number of nitro benzene ring substituents is 1. The number of non-ortho nitro benzene ring substituents is 1. The summed E-state index contributed by atoms with van der Waals surface area (Å²) in [7, 11) is 0. The van der Waals surface area contributed by atoms with E-state index in [0.717, 1.165) is 4.88 Å². The van der Waals surface area contributed by atoms with Gasteiger partial charge in [-0.2, -0.15) is 0 Å². The molecule has 2 heterocycles. The number of rotatable bonds is 3. The summed E-state index contributed by atoms with van der Waals surface area (Å²) in [4.78, 5) is 23.4. The topological polar surface area (TPSA) is 102 Å². The minimum absolute atomic E-state index is 0.0840. The summed E-state index contributed by atoms with van der Waals surface area (Å²) in [5.41, 5.74) is -0.642. The van der Waals surface area contributed by atoms with Crippen LogP contribution in [0.25, 0.3) is 0 Å². The lowest BCUT2D eigenvalue weighted by Gasteiger charge is -2.40. The number of nitrogens with zero attached hydrogens (tertiary/aromatic N) is 1. The van der Waals surface area contributed by atoms with E-state index < -0.39 is 28.6 Å². The Morgan fingerprint density at radius 1 is 1.33 bits per heavy atom. The van der Waals surface area contributed by atoms with Crippen molar-refractivity contribution in [1.29, 1.82) is 0 Å². The maximum absolute atomic E-state index is 12.5. The number of fused-ring (bicyclic) bond motifs is 1. The van der Waals surface area contributed by atoms with Crippen molar-refractivity contribution in [1.82, 2.24) is 5.32 Å². The molecule has 8 heteroatoms. The van der Waals surface area contributed by atoms with Crippen LogP contribution in [0.2, 0.25) is 0 Å². The Morgan fingerprint density at radius 3 is 2.62 bits per heavy atom. The fourth-order valence-electron chi connectivity index (χ4n) is 2.61. The third kappa shape index (κ3) is 2.85. The molecule has 0 saturated heterocycles. The average Bonchev–Trinajstić information content (AvgIpc) is 2.98. The molecule has 7 nitrogen and oxygen atoms in total. The zero-order chi connectivity index (χ0) is 17.5. The molecule has 0 saturated carbocycles. The molecule has 2 aromatic rings. The molecule has 2 atom stereocenters. The SMILES string of the molecule is CC1(C)Oc2ccsc2C(NC(=O)c2ccc([N+](=O)[O-])cc2)C1O. The largest absolute Gasteiger partial charge is 0.484 e. The Kier molecular flexibility index (Phi) is 4.02. The van der Waals surface area contributed by atoms with Gasteiger partial charge in [0, 0.05) is 17.7 Å². The predicted octanol–water partition coefficient (Wildman–Crippen LogP) is 2.66. The van der Waals surface area contributed by atoms with Gasteiger partial charge < -0.3 is 15.2 Å². The van der Waals surface area contributed by atoms with Crippen molar-refractivity contribution in [2.45, 2.75) is 31.6 Å². The van der Waals surface area contributed by atoms with Crippen molar-refractivity contribution in [3.05, 3.63) is 56.3 Å². The standard InChI is InChI=1S/C16H16N2O5S/c1-16(2)14(19)12(13-11(23-16)7-8-24-13)17-15(20)9-3-5-10(6-4-9)18(21)22/h3-8,12,14,19H,1-2H3,(H,17,20). The van der Waals surface area contributed by atoms with Crippen LogP contribution >= 0.6 is 11.3 Å². The molecule has 1 aromatic carbocycles. The number of nitrogens with one attached hydrogen (secondary N) is 1. The van der Waals surface area contributed by atoms with E-state index in [9.17, 15) is 20.0 Å². The third-order valence-electron chi connectivity index (χ3n) is 3.97. The van der Waals surface area contributed by atoms with Crippen LogP contribution in [0.3, 0.4) is 0 Å². The van der Waals surface area contributed by atoms with Gasteiger partial charge in [-0.15, -0.1) is 11.3 Å². The van der Waals surface area contributed by atoms with Gasteiger partial charge in [-0.3, -0.25) is 14.9 Å². The lowest BCUT2D eigenvalue weighted by molar-refractivity contribution is -0.384. The number of thiophene rings is 1. The number of benzene rings is 1. The lowest BCUT2D eigenvalue weighted by atomic mass is 9.90. The molecule has 2 unspecified atom stereocenters. The van der Waals surface area contributed by atoms with Crippen molar-refractivity contribution >= 4 is 22.9 Å². The number of aliphatic hydroxyl groups excluding tert-OH is 1. The van der Waals surface area contributed by atoms with Gasteiger partial charge in [0.1, 0.15) is 17.5 Å². The highest BCUT2D eigenvalue weighted by atomic mass is 32.1. The molecule has 0 aliphatic carbocycles. The van der Waals surface area contributed by atoms with Gasteiger partial charge in [0.25, 0.3) is 11.6 Å². The highest BCUT2D eigenvalue weighted by molar-refractivity contribution is 7.10. The Morgan fingerprint density at radius 2 is 2.00 bits per heavy atom. The van der Waals surface area contributed by atoms with Crippen molar-refractivity contribution < 1.29 is 19.6 Å².